The van der Waals surface area contributed by atoms with Crippen LogP contribution in [-0.4, -0.2) is 14.7 Å². The van der Waals surface area contributed by atoms with Gasteiger partial charge in [0.2, 0.25) is 0 Å². The number of hydrogen-bond donors (Lipinski definition) is 1. The number of aliphatic hydroxyl groups excluding tert-OH is 1. The zero-order chi connectivity index (χ0) is 13.9. The van der Waals surface area contributed by atoms with E-state index in [0.29, 0.717) is 0 Å². The molecule has 19 heavy (non-hydrogen) atoms. The molecular formula is C15H28N2OS. The second kappa shape index (κ2) is 10.3. The minimum Gasteiger partial charge on any atom is -0.387 e. The minimum atomic E-state index is -0.352. The van der Waals surface area contributed by atoms with Gasteiger partial charge in [0, 0.05) is 0 Å². The van der Waals surface area contributed by atoms with Gasteiger partial charge in [-0.1, -0.05) is 69.7 Å². The molecule has 1 aromatic rings. The van der Waals surface area contributed by atoms with Gasteiger partial charge in [-0.15, -0.1) is 5.10 Å². The fourth-order valence-electron chi connectivity index (χ4n) is 2.32. The second-order valence-electron chi connectivity index (χ2n) is 5.22. The molecule has 1 unspecified atom stereocenters. The van der Waals surface area contributed by atoms with E-state index in [-0.39, 0.29) is 6.10 Å². The Bertz CT molecular complexity index is 328. The van der Waals surface area contributed by atoms with Gasteiger partial charge in [-0.05, 0) is 24.4 Å². The summed E-state index contributed by atoms with van der Waals surface area (Å²) in [6, 6.07) is 0. The normalized spacial score (nSPS) is 12.8. The van der Waals surface area contributed by atoms with Crippen LogP contribution in [0.1, 0.15) is 88.3 Å². The Balaban J connectivity index is 2.06. The molecule has 0 bridgehead atoms. The molecule has 110 valence electrons. The summed E-state index contributed by atoms with van der Waals surface area (Å²) >= 11 is 1.35. The summed E-state index contributed by atoms with van der Waals surface area (Å²) in [5.41, 5.74) is 0.970. The van der Waals surface area contributed by atoms with Gasteiger partial charge in [-0.25, -0.2) is 0 Å². The van der Waals surface area contributed by atoms with Gasteiger partial charge in [0.05, 0.1) is 16.7 Å². The molecular weight excluding hydrogens is 256 g/mol. The average molecular weight is 284 g/mol. The molecule has 1 heterocycles. The summed E-state index contributed by atoms with van der Waals surface area (Å²) in [4.78, 5) is 0.977. The van der Waals surface area contributed by atoms with Crippen LogP contribution in [0.25, 0.3) is 0 Å². The molecule has 1 N–H and O–H groups in total. The Labute approximate surface area is 121 Å². The van der Waals surface area contributed by atoms with Crippen molar-refractivity contribution in [3.63, 3.8) is 0 Å². The molecule has 0 aliphatic carbocycles. The van der Waals surface area contributed by atoms with Crippen molar-refractivity contribution in [1.82, 2.24) is 9.59 Å². The molecule has 0 saturated heterocycles. The molecule has 0 radical (unpaired) electrons. The zero-order valence-corrected chi connectivity index (χ0v) is 13.2. The summed E-state index contributed by atoms with van der Waals surface area (Å²) < 4.78 is 3.93. The van der Waals surface area contributed by atoms with Crippen LogP contribution < -0.4 is 0 Å². The number of nitrogens with zero attached hydrogens (tertiary/aromatic N) is 2. The molecule has 1 rings (SSSR count). The van der Waals surface area contributed by atoms with Gasteiger partial charge in [-0.2, -0.15) is 0 Å². The maximum atomic E-state index is 10.1. The monoisotopic (exact) mass is 284 g/mol. The lowest BCUT2D eigenvalue weighted by Gasteiger charge is -2.08. The molecule has 0 saturated carbocycles. The summed E-state index contributed by atoms with van der Waals surface area (Å²) in [5.74, 6) is 0. The van der Waals surface area contributed by atoms with E-state index in [0.717, 1.165) is 29.8 Å². The smallest absolute Gasteiger partial charge is 0.0917 e. The fraction of sp³-hybridized carbons (Fsp3) is 0.867. The Morgan fingerprint density at radius 2 is 1.63 bits per heavy atom. The van der Waals surface area contributed by atoms with E-state index >= 15 is 0 Å². The SMILES string of the molecule is CCCCCCCCCCC(O)c1snnc1CC. The van der Waals surface area contributed by atoms with Crippen LogP contribution in [0.3, 0.4) is 0 Å². The van der Waals surface area contributed by atoms with Gasteiger partial charge in [-0.3, -0.25) is 0 Å². The van der Waals surface area contributed by atoms with E-state index in [1.165, 1.54) is 56.5 Å². The first kappa shape index (κ1) is 16.6. The fourth-order valence-corrected chi connectivity index (χ4v) is 3.07. The highest BCUT2D eigenvalue weighted by Gasteiger charge is 2.15. The third kappa shape index (κ3) is 6.48. The maximum absolute atomic E-state index is 10.1. The van der Waals surface area contributed by atoms with Crippen molar-refractivity contribution in [2.45, 2.75) is 84.2 Å². The van der Waals surface area contributed by atoms with Gasteiger partial charge < -0.3 is 5.11 Å². The lowest BCUT2D eigenvalue weighted by Crippen LogP contribution is -1.99. The van der Waals surface area contributed by atoms with E-state index in [9.17, 15) is 5.11 Å². The van der Waals surface area contributed by atoms with Crippen LogP contribution in [-0.2, 0) is 6.42 Å². The van der Waals surface area contributed by atoms with E-state index < -0.39 is 0 Å². The van der Waals surface area contributed by atoms with E-state index in [2.05, 4.69) is 23.4 Å². The Kier molecular flexibility index (Phi) is 9.01. The van der Waals surface area contributed by atoms with Crippen molar-refractivity contribution in [2.24, 2.45) is 0 Å². The van der Waals surface area contributed by atoms with Crippen LogP contribution in [0, 0.1) is 0 Å². The van der Waals surface area contributed by atoms with Crippen molar-refractivity contribution in [3.8, 4) is 0 Å². The molecule has 3 nitrogen and oxygen atoms in total. The first-order valence-corrected chi connectivity index (χ1v) is 8.56. The number of aliphatic hydroxyl groups is 1. The van der Waals surface area contributed by atoms with Crippen LogP contribution in [0.5, 0.6) is 0 Å². The van der Waals surface area contributed by atoms with E-state index in [1.54, 1.807) is 0 Å². The maximum Gasteiger partial charge on any atom is 0.0917 e. The van der Waals surface area contributed by atoms with Crippen molar-refractivity contribution >= 4 is 11.5 Å². The second-order valence-corrected chi connectivity index (χ2v) is 6.00. The van der Waals surface area contributed by atoms with Gasteiger partial charge in [0.25, 0.3) is 0 Å². The highest BCUT2D eigenvalue weighted by atomic mass is 32.1. The summed E-state index contributed by atoms with van der Waals surface area (Å²) in [7, 11) is 0. The molecule has 0 aliphatic heterocycles. The largest absolute Gasteiger partial charge is 0.387 e. The van der Waals surface area contributed by atoms with Crippen LogP contribution in [0.2, 0.25) is 0 Å². The first-order valence-electron chi connectivity index (χ1n) is 7.78. The Morgan fingerprint density at radius 1 is 1.00 bits per heavy atom. The first-order chi connectivity index (χ1) is 9.29. The van der Waals surface area contributed by atoms with Gasteiger partial charge in [0.15, 0.2) is 0 Å². The van der Waals surface area contributed by atoms with Crippen LogP contribution in [0.4, 0.5) is 0 Å². The van der Waals surface area contributed by atoms with Crippen molar-refractivity contribution in [1.29, 1.82) is 0 Å². The topological polar surface area (TPSA) is 46.0 Å². The van der Waals surface area contributed by atoms with Crippen LogP contribution >= 0.6 is 11.5 Å². The standard InChI is InChI=1S/C15H28N2OS/c1-3-5-6-7-8-9-10-11-12-14(18)15-13(4-2)16-17-19-15/h14,18H,3-12H2,1-2H3. The van der Waals surface area contributed by atoms with Gasteiger partial charge >= 0.3 is 0 Å². The molecule has 0 aliphatic rings. The molecule has 0 spiro atoms. The van der Waals surface area contributed by atoms with E-state index in [4.69, 9.17) is 0 Å². The molecule has 1 aromatic heterocycles. The summed E-state index contributed by atoms with van der Waals surface area (Å²) in [5, 5.41) is 14.2. The predicted octanol–water partition coefficient (Wildman–Crippen LogP) is 4.66. The number of rotatable bonds is 11. The minimum absolute atomic E-state index is 0.352. The van der Waals surface area contributed by atoms with E-state index in [1.807, 2.05) is 0 Å². The summed E-state index contributed by atoms with van der Waals surface area (Å²) in [6.45, 7) is 4.31. The number of aromatic nitrogens is 2. The molecule has 0 aromatic carbocycles. The predicted molar refractivity (Wildman–Crippen MR) is 81.5 cm³/mol. The van der Waals surface area contributed by atoms with Crippen LogP contribution in [0.15, 0.2) is 0 Å². The molecule has 1 atom stereocenters. The lowest BCUT2D eigenvalue weighted by atomic mass is 10.0. The quantitative estimate of drug-likeness (QED) is 0.601. The molecule has 4 heteroatoms. The number of hydrogen-bond acceptors (Lipinski definition) is 4. The highest BCUT2D eigenvalue weighted by Crippen LogP contribution is 2.25. The highest BCUT2D eigenvalue weighted by molar-refractivity contribution is 7.05. The number of unbranched alkanes of at least 4 members (excludes halogenated alkanes) is 7. The van der Waals surface area contributed by atoms with Crippen molar-refractivity contribution < 1.29 is 5.11 Å². The third-order valence-corrected chi connectivity index (χ3v) is 4.42. The Hall–Kier alpha value is -0.480. The summed E-state index contributed by atoms with van der Waals surface area (Å²) in [6.07, 6.45) is 11.8. The Morgan fingerprint density at radius 3 is 2.26 bits per heavy atom. The van der Waals surface area contributed by atoms with Gasteiger partial charge in [0.1, 0.15) is 0 Å². The molecule has 0 fully saturated rings. The number of aryl methyl sites for hydroxylation is 1. The third-order valence-electron chi connectivity index (χ3n) is 3.55. The van der Waals surface area contributed by atoms with Crippen molar-refractivity contribution in [3.05, 3.63) is 10.6 Å². The lowest BCUT2D eigenvalue weighted by molar-refractivity contribution is 0.166. The zero-order valence-electron chi connectivity index (χ0n) is 12.4. The average Bonchev–Trinajstić information content (AvgIpc) is 2.90. The molecule has 0 amide bonds. The van der Waals surface area contributed by atoms with Crippen molar-refractivity contribution in [2.75, 3.05) is 0 Å².